The van der Waals surface area contributed by atoms with Gasteiger partial charge in [-0.15, -0.1) is 0 Å². The number of hydrazone groups is 1. The van der Waals surface area contributed by atoms with Crippen molar-refractivity contribution in [2.75, 3.05) is 27.4 Å². The molecule has 3 aromatic carbocycles. The first-order valence-corrected chi connectivity index (χ1v) is 12.3. The van der Waals surface area contributed by atoms with Crippen molar-refractivity contribution in [3.63, 3.8) is 0 Å². The molecule has 0 saturated heterocycles. The summed E-state index contributed by atoms with van der Waals surface area (Å²) in [5, 5.41) is 6.91. The van der Waals surface area contributed by atoms with E-state index >= 15 is 0 Å². The fraction of sp³-hybridized carbons (Fsp3) is 0.214. The van der Waals surface area contributed by atoms with Crippen LogP contribution in [0.1, 0.15) is 39.6 Å². The Morgan fingerprint density at radius 3 is 2.38 bits per heavy atom. The summed E-state index contributed by atoms with van der Waals surface area (Å²) >= 11 is 6.00. The van der Waals surface area contributed by atoms with Gasteiger partial charge in [-0.05, 0) is 61.0 Å². The van der Waals surface area contributed by atoms with E-state index in [1.54, 1.807) is 61.5 Å². The molecular weight excluding hydrogens is 526 g/mol. The van der Waals surface area contributed by atoms with E-state index in [4.69, 9.17) is 30.5 Å². The monoisotopic (exact) mass is 553 g/mol. The zero-order chi connectivity index (χ0) is 28.2. The van der Waals surface area contributed by atoms with E-state index in [-0.39, 0.29) is 30.2 Å². The highest BCUT2D eigenvalue weighted by atomic mass is 35.5. The molecule has 0 aliphatic rings. The third kappa shape index (κ3) is 8.21. The number of halogens is 1. The van der Waals surface area contributed by atoms with E-state index in [1.165, 1.54) is 26.5 Å². The Balaban J connectivity index is 1.56. The minimum Gasteiger partial charge on any atom is -0.493 e. The molecule has 0 aliphatic heterocycles. The summed E-state index contributed by atoms with van der Waals surface area (Å²) in [4.78, 5) is 36.9. The van der Waals surface area contributed by atoms with Crippen LogP contribution >= 0.6 is 11.6 Å². The van der Waals surface area contributed by atoms with Crippen molar-refractivity contribution >= 4 is 35.6 Å². The number of hydrogen-bond donors (Lipinski definition) is 2. The summed E-state index contributed by atoms with van der Waals surface area (Å²) in [5.74, 6) is 0.0573. The van der Waals surface area contributed by atoms with Crippen LogP contribution in [0.5, 0.6) is 23.0 Å². The lowest BCUT2D eigenvalue weighted by Crippen LogP contribution is -2.29. The number of ether oxygens (including phenoxy) is 4. The number of amides is 2. The van der Waals surface area contributed by atoms with Crippen LogP contribution in [0.15, 0.2) is 65.8 Å². The van der Waals surface area contributed by atoms with Gasteiger partial charge in [0.25, 0.3) is 5.91 Å². The summed E-state index contributed by atoms with van der Waals surface area (Å²) in [6.07, 6.45) is 1.44. The second-order valence-electron chi connectivity index (χ2n) is 7.88. The molecule has 0 heterocycles. The zero-order valence-corrected chi connectivity index (χ0v) is 22.4. The third-order valence-electron chi connectivity index (χ3n) is 5.25. The van der Waals surface area contributed by atoms with Gasteiger partial charge in [-0.3, -0.25) is 9.59 Å². The molecule has 0 radical (unpaired) electrons. The maximum atomic E-state index is 12.7. The second-order valence-corrected chi connectivity index (χ2v) is 8.28. The first-order valence-electron chi connectivity index (χ1n) is 11.9. The first kappa shape index (κ1) is 29.0. The summed E-state index contributed by atoms with van der Waals surface area (Å²) < 4.78 is 21.6. The van der Waals surface area contributed by atoms with Gasteiger partial charge in [-0.25, -0.2) is 10.2 Å². The van der Waals surface area contributed by atoms with E-state index in [0.29, 0.717) is 40.0 Å². The van der Waals surface area contributed by atoms with Crippen LogP contribution < -0.4 is 29.7 Å². The number of nitrogens with zero attached hydrogens (tertiary/aromatic N) is 1. The molecule has 2 amide bonds. The Hall–Kier alpha value is -4.57. The standard InChI is InChI=1S/C28H28ClN3O7/c1-4-38-25-15-18(9-11-23(25)39-28(35)19-10-12-22(36-2)24(16-19)37-3)17-31-32-26(33)13-14-30-27(34)20-7-5-6-8-21(20)29/h5-12,15-17H,4,13-14H2,1-3H3,(H,30,34)(H,32,33)/b31-17-. The smallest absolute Gasteiger partial charge is 0.343 e. The Bertz CT molecular complexity index is 1360. The van der Waals surface area contributed by atoms with Crippen molar-refractivity contribution in [2.45, 2.75) is 13.3 Å². The van der Waals surface area contributed by atoms with Crippen LogP contribution in [0.2, 0.25) is 5.02 Å². The van der Waals surface area contributed by atoms with Crippen molar-refractivity contribution in [1.29, 1.82) is 0 Å². The van der Waals surface area contributed by atoms with E-state index in [2.05, 4.69) is 15.8 Å². The van der Waals surface area contributed by atoms with Gasteiger partial charge in [0.2, 0.25) is 5.91 Å². The van der Waals surface area contributed by atoms with Crippen molar-refractivity contribution < 1.29 is 33.3 Å². The molecular formula is C28H28ClN3O7. The molecule has 0 bridgehead atoms. The molecule has 2 N–H and O–H groups in total. The van der Waals surface area contributed by atoms with Crippen molar-refractivity contribution in [2.24, 2.45) is 5.10 Å². The molecule has 0 unspecified atom stereocenters. The molecule has 0 saturated carbocycles. The molecule has 0 fully saturated rings. The van der Waals surface area contributed by atoms with Gasteiger partial charge >= 0.3 is 5.97 Å². The fourth-order valence-corrected chi connectivity index (χ4v) is 3.57. The molecule has 0 aromatic heterocycles. The van der Waals surface area contributed by atoms with Gasteiger partial charge in [0.15, 0.2) is 23.0 Å². The topological polar surface area (TPSA) is 125 Å². The number of methoxy groups -OCH3 is 2. The Morgan fingerprint density at radius 1 is 0.923 bits per heavy atom. The number of carbonyl (C=O) groups excluding carboxylic acids is 3. The molecule has 3 aromatic rings. The molecule has 0 spiro atoms. The second kappa shape index (κ2) is 14.4. The minimum absolute atomic E-state index is 0.0166. The minimum atomic E-state index is -0.604. The van der Waals surface area contributed by atoms with E-state index < -0.39 is 11.9 Å². The quantitative estimate of drug-likeness (QED) is 0.149. The van der Waals surface area contributed by atoms with E-state index in [1.807, 2.05) is 0 Å². The van der Waals surface area contributed by atoms with Crippen molar-refractivity contribution in [1.82, 2.24) is 10.7 Å². The maximum Gasteiger partial charge on any atom is 0.343 e. The molecule has 10 nitrogen and oxygen atoms in total. The van der Waals surface area contributed by atoms with Crippen molar-refractivity contribution in [3.05, 3.63) is 82.4 Å². The van der Waals surface area contributed by atoms with Gasteiger partial charge in [0.1, 0.15) is 0 Å². The maximum absolute atomic E-state index is 12.7. The predicted molar refractivity (Wildman–Crippen MR) is 146 cm³/mol. The lowest BCUT2D eigenvalue weighted by atomic mass is 10.2. The number of esters is 1. The van der Waals surface area contributed by atoms with Gasteiger partial charge in [0, 0.05) is 13.0 Å². The lowest BCUT2D eigenvalue weighted by molar-refractivity contribution is -0.120. The largest absolute Gasteiger partial charge is 0.493 e. The molecule has 3 rings (SSSR count). The number of nitrogens with one attached hydrogen (secondary N) is 2. The highest BCUT2D eigenvalue weighted by Gasteiger charge is 2.16. The Morgan fingerprint density at radius 2 is 1.67 bits per heavy atom. The number of hydrogen-bond acceptors (Lipinski definition) is 8. The zero-order valence-electron chi connectivity index (χ0n) is 21.7. The summed E-state index contributed by atoms with van der Waals surface area (Å²) in [6.45, 7) is 2.24. The SMILES string of the molecule is CCOc1cc(/C=N\NC(=O)CCNC(=O)c2ccccc2Cl)ccc1OC(=O)c1ccc(OC)c(OC)c1. The molecule has 11 heteroatoms. The number of carbonyl (C=O) groups is 3. The average Bonchev–Trinajstić information content (AvgIpc) is 2.94. The average molecular weight is 554 g/mol. The molecule has 0 atom stereocenters. The summed E-state index contributed by atoms with van der Waals surface area (Å²) in [6, 6.07) is 16.2. The predicted octanol–water partition coefficient (Wildman–Crippen LogP) is 4.25. The van der Waals surface area contributed by atoms with Crippen LogP contribution in [0, 0.1) is 0 Å². The van der Waals surface area contributed by atoms with E-state index in [0.717, 1.165) is 0 Å². The number of rotatable bonds is 12. The van der Waals surface area contributed by atoms with Crippen LogP contribution in [-0.2, 0) is 4.79 Å². The molecule has 0 aliphatic carbocycles. The van der Waals surface area contributed by atoms with Crippen LogP contribution in [0.4, 0.5) is 0 Å². The van der Waals surface area contributed by atoms with Gasteiger partial charge < -0.3 is 24.3 Å². The van der Waals surface area contributed by atoms with Gasteiger partial charge in [0.05, 0.1) is 43.2 Å². The summed E-state index contributed by atoms with van der Waals surface area (Å²) in [5.41, 5.74) is 3.60. The molecule has 204 valence electrons. The van der Waals surface area contributed by atoms with Crippen LogP contribution in [-0.4, -0.2) is 51.4 Å². The normalized spacial score (nSPS) is 10.6. The van der Waals surface area contributed by atoms with Crippen LogP contribution in [0.3, 0.4) is 0 Å². The van der Waals surface area contributed by atoms with Gasteiger partial charge in [-0.2, -0.15) is 5.10 Å². The summed E-state index contributed by atoms with van der Waals surface area (Å²) in [7, 11) is 2.98. The third-order valence-corrected chi connectivity index (χ3v) is 5.58. The number of benzene rings is 3. The van der Waals surface area contributed by atoms with E-state index in [9.17, 15) is 14.4 Å². The lowest BCUT2D eigenvalue weighted by Gasteiger charge is -2.12. The molecule has 39 heavy (non-hydrogen) atoms. The van der Waals surface area contributed by atoms with Crippen molar-refractivity contribution in [3.8, 4) is 23.0 Å². The highest BCUT2D eigenvalue weighted by Crippen LogP contribution is 2.31. The highest BCUT2D eigenvalue weighted by molar-refractivity contribution is 6.33. The first-order chi connectivity index (χ1) is 18.9. The van der Waals surface area contributed by atoms with Crippen LogP contribution in [0.25, 0.3) is 0 Å². The van der Waals surface area contributed by atoms with Gasteiger partial charge in [-0.1, -0.05) is 23.7 Å². The Labute approximate surface area is 230 Å². The Kier molecular flexibility index (Phi) is 10.7. The fourth-order valence-electron chi connectivity index (χ4n) is 3.34.